The zero-order valence-corrected chi connectivity index (χ0v) is 11.6. The summed E-state index contributed by atoms with van der Waals surface area (Å²) in [4.78, 5) is 4.15. The predicted molar refractivity (Wildman–Crippen MR) is 76.1 cm³/mol. The van der Waals surface area contributed by atoms with Crippen LogP contribution in [0.1, 0.15) is 22.7 Å². The van der Waals surface area contributed by atoms with Crippen LogP contribution in [-0.4, -0.2) is 12.1 Å². The Morgan fingerprint density at radius 2 is 2.11 bits per heavy atom. The fourth-order valence-corrected chi connectivity index (χ4v) is 2.21. The van der Waals surface area contributed by atoms with Gasteiger partial charge in [0.25, 0.3) is 0 Å². The zero-order chi connectivity index (χ0) is 13.8. The molecule has 0 amide bonds. The second-order valence-corrected chi connectivity index (χ2v) is 4.65. The van der Waals surface area contributed by atoms with Crippen molar-refractivity contribution < 1.29 is 4.74 Å². The van der Waals surface area contributed by atoms with E-state index < -0.39 is 0 Å². The van der Waals surface area contributed by atoms with Gasteiger partial charge in [-0.2, -0.15) is 0 Å². The average molecular weight is 278 g/mol. The van der Waals surface area contributed by atoms with Gasteiger partial charge in [0.05, 0.1) is 13.2 Å². The largest absolute Gasteiger partial charge is 0.496 e. The summed E-state index contributed by atoms with van der Waals surface area (Å²) >= 11 is 5.98. The van der Waals surface area contributed by atoms with Crippen molar-refractivity contribution in [2.45, 2.75) is 13.0 Å². The van der Waals surface area contributed by atoms with E-state index in [-0.39, 0.29) is 6.04 Å². The number of aryl methyl sites for hydroxylation is 1. The lowest BCUT2D eigenvalue weighted by molar-refractivity contribution is 0.404. The number of nitrogens with two attached hydrogens (primary N) is 1. The van der Waals surface area contributed by atoms with Gasteiger partial charge in [-0.05, 0) is 36.2 Å². The van der Waals surface area contributed by atoms with Crippen LogP contribution in [0.25, 0.3) is 0 Å². The molecule has 0 fully saturated rings. The highest BCUT2D eigenvalue weighted by Gasteiger charge is 2.19. The summed E-state index contributed by atoms with van der Waals surface area (Å²) in [6.45, 7) is 2.02. The molecule has 1 atom stereocenters. The number of rotatable bonds is 4. The number of methoxy groups -OCH3 is 1. The third kappa shape index (κ3) is 2.87. The maximum atomic E-state index is 5.98. The molecule has 1 unspecified atom stereocenters. The Bertz CT molecular complexity index is 574. The molecule has 0 saturated carbocycles. The maximum absolute atomic E-state index is 5.98. The third-order valence-electron chi connectivity index (χ3n) is 3.06. The Morgan fingerprint density at radius 3 is 2.74 bits per heavy atom. The summed E-state index contributed by atoms with van der Waals surface area (Å²) in [5, 5.41) is 0.624. The van der Waals surface area contributed by atoms with Gasteiger partial charge in [-0.1, -0.05) is 17.7 Å². The quantitative estimate of drug-likeness (QED) is 0.666. The van der Waals surface area contributed by atoms with Crippen molar-refractivity contribution in [2.75, 3.05) is 7.11 Å². The fraction of sp³-hybridized carbons (Fsp3) is 0.214. The van der Waals surface area contributed by atoms with Crippen molar-refractivity contribution in [1.82, 2.24) is 10.4 Å². The van der Waals surface area contributed by atoms with Crippen molar-refractivity contribution in [3.05, 3.63) is 58.4 Å². The summed E-state index contributed by atoms with van der Waals surface area (Å²) in [7, 11) is 1.61. The van der Waals surface area contributed by atoms with Gasteiger partial charge in [0.15, 0.2) is 0 Å². The van der Waals surface area contributed by atoms with E-state index in [1.807, 2.05) is 25.1 Å². The van der Waals surface area contributed by atoms with E-state index in [4.69, 9.17) is 22.2 Å². The van der Waals surface area contributed by atoms with E-state index in [0.29, 0.717) is 10.8 Å². The minimum absolute atomic E-state index is 0.194. The fourth-order valence-electron chi connectivity index (χ4n) is 2.05. The molecular weight excluding hydrogens is 262 g/mol. The first-order valence-electron chi connectivity index (χ1n) is 5.87. The smallest absolute Gasteiger partial charge is 0.125 e. The Labute approximate surface area is 117 Å². The highest BCUT2D eigenvalue weighted by atomic mass is 35.5. The first-order valence-corrected chi connectivity index (χ1v) is 6.25. The summed E-state index contributed by atoms with van der Waals surface area (Å²) < 4.78 is 5.37. The number of nitrogens with zero attached hydrogens (tertiary/aromatic N) is 1. The van der Waals surface area contributed by atoms with Crippen LogP contribution in [0.4, 0.5) is 0 Å². The molecule has 2 aromatic rings. The lowest BCUT2D eigenvalue weighted by Gasteiger charge is -2.21. The Hall–Kier alpha value is -1.62. The van der Waals surface area contributed by atoms with E-state index >= 15 is 0 Å². The van der Waals surface area contributed by atoms with Crippen LogP contribution >= 0.6 is 11.6 Å². The zero-order valence-electron chi connectivity index (χ0n) is 10.9. The van der Waals surface area contributed by atoms with Gasteiger partial charge in [-0.15, -0.1) is 0 Å². The third-order valence-corrected chi connectivity index (χ3v) is 3.30. The molecule has 0 saturated heterocycles. The molecule has 0 bridgehead atoms. The minimum atomic E-state index is -0.194. The SMILES string of the molecule is COc1cc(Cl)ccc1C(NN)c1cnccc1C. The van der Waals surface area contributed by atoms with E-state index in [1.54, 1.807) is 25.6 Å². The number of ether oxygens (including phenoxy) is 1. The van der Waals surface area contributed by atoms with Gasteiger partial charge in [0, 0.05) is 23.0 Å². The molecule has 0 aliphatic heterocycles. The highest BCUT2D eigenvalue weighted by Crippen LogP contribution is 2.32. The number of hydrogen-bond acceptors (Lipinski definition) is 4. The van der Waals surface area contributed by atoms with Gasteiger partial charge < -0.3 is 4.74 Å². The van der Waals surface area contributed by atoms with Gasteiger partial charge in [-0.25, -0.2) is 5.43 Å². The van der Waals surface area contributed by atoms with E-state index in [0.717, 1.165) is 16.7 Å². The molecule has 3 N–H and O–H groups in total. The second-order valence-electron chi connectivity index (χ2n) is 4.22. The molecule has 1 heterocycles. The maximum Gasteiger partial charge on any atom is 0.125 e. The highest BCUT2D eigenvalue weighted by molar-refractivity contribution is 6.30. The monoisotopic (exact) mass is 277 g/mol. The molecule has 5 heteroatoms. The van der Waals surface area contributed by atoms with Crippen LogP contribution in [-0.2, 0) is 0 Å². The Kier molecular flexibility index (Phi) is 4.37. The molecule has 1 aromatic heterocycles. The van der Waals surface area contributed by atoms with E-state index in [1.165, 1.54) is 0 Å². The van der Waals surface area contributed by atoms with Gasteiger partial charge in [0.2, 0.25) is 0 Å². The molecule has 2 rings (SSSR count). The Morgan fingerprint density at radius 1 is 1.32 bits per heavy atom. The van der Waals surface area contributed by atoms with Crippen LogP contribution in [0.15, 0.2) is 36.7 Å². The summed E-state index contributed by atoms with van der Waals surface area (Å²) in [5.74, 6) is 6.39. The number of aromatic nitrogens is 1. The molecule has 100 valence electrons. The predicted octanol–water partition coefficient (Wildman–Crippen LogP) is 2.60. The number of hydrazine groups is 1. The standard InChI is InChI=1S/C14H16ClN3O/c1-9-5-6-17-8-12(9)14(18-16)11-4-3-10(15)7-13(11)19-2/h3-8,14,18H,16H2,1-2H3. The van der Waals surface area contributed by atoms with Gasteiger partial charge >= 0.3 is 0 Å². The molecule has 0 spiro atoms. The van der Waals surface area contributed by atoms with E-state index in [9.17, 15) is 0 Å². The van der Waals surface area contributed by atoms with Crippen molar-refractivity contribution in [3.8, 4) is 5.75 Å². The van der Waals surface area contributed by atoms with Crippen LogP contribution < -0.4 is 16.0 Å². The first-order chi connectivity index (χ1) is 9.17. The van der Waals surface area contributed by atoms with Crippen LogP contribution in [0.2, 0.25) is 5.02 Å². The summed E-state index contributed by atoms with van der Waals surface area (Å²) in [5.41, 5.74) is 5.84. The normalized spacial score (nSPS) is 12.2. The van der Waals surface area contributed by atoms with Crippen LogP contribution in [0.5, 0.6) is 5.75 Å². The number of nitrogens with one attached hydrogen (secondary N) is 1. The molecule has 19 heavy (non-hydrogen) atoms. The number of pyridine rings is 1. The minimum Gasteiger partial charge on any atom is -0.496 e. The van der Waals surface area contributed by atoms with Crippen molar-refractivity contribution in [2.24, 2.45) is 5.84 Å². The molecule has 0 aliphatic rings. The van der Waals surface area contributed by atoms with Crippen molar-refractivity contribution >= 4 is 11.6 Å². The van der Waals surface area contributed by atoms with Crippen LogP contribution in [0, 0.1) is 6.92 Å². The molecule has 0 aliphatic carbocycles. The molecule has 0 radical (unpaired) electrons. The van der Waals surface area contributed by atoms with Crippen molar-refractivity contribution in [3.63, 3.8) is 0 Å². The second kappa shape index (κ2) is 6.02. The molecular formula is C14H16ClN3O. The first kappa shape index (κ1) is 13.8. The number of hydrogen-bond donors (Lipinski definition) is 2. The summed E-state index contributed by atoms with van der Waals surface area (Å²) in [6.07, 6.45) is 3.55. The van der Waals surface area contributed by atoms with Crippen LogP contribution in [0.3, 0.4) is 0 Å². The van der Waals surface area contributed by atoms with E-state index in [2.05, 4.69) is 10.4 Å². The number of halogens is 1. The average Bonchev–Trinajstić information content (AvgIpc) is 2.43. The Balaban J connectivity index is 2.51. The van der Waals surface area contributed by atoms with Gasteiger partial charge in [0.1, 0.15) is 5.75 Å². The lowest BCUT2D eigenvalue weighted by atomic mass is 9.96. The lowest BCUT2D eigenvalue weighted by Crippen LogP contribution is -2.29. The topological polar surface area (TPSA) is 60.2 Å². The molecule has 1 aromatic carbocycles. The number of benzene rings is 1. The summed E-state index contributed by atoms with van der Waals surface area (Å²) in [6, 6.07) is 7.24. The molecule has 4 nitrogen and oxygen atoms in total. The van der Waals surface area contributed by atoms with Crippen molar-refractivity contribution in [1.29, 1.82) is 0 Å². The van der Waals surface area contributed by atoms with Gasteiger partial charge in [-0.3, -0.25) is 10.8 Å².